The zero-order chi connectivity index (χ0) is 28.0. The summed E-state index contributed by atoms with van der Waals surface area (Å²) in [5, 5.41) is 2.93. The summed E-state index contributed by atoms with van der Waals surface area (Å²) in [6.07, 6.45) is 0. The largest absolute Gasteiger partial charge is 0.497 e. The highest BCUT2D eigenvalue weighted by atomic mass is 35.5. The number of hydrogen-bond donors (Lipinski definition) is 1. The van der Waals surface area contributed by atoms with Crippen LogP contribution in [0.4, 0.5) is 5.69 Å². The van der Waals surface area contributed by atoms with E-state index in [1.807, 2.05) is 6.92 Å². The molecule has 0 heterocycles. The number of sulfonamides is 1. The van der Waals surface area contributed by atoms with Crippen molar-refractivity contribution in [2.45, 2.75) is 38.3 Å². The standard InChI is InChI=1S/C28H32ClN3O5S/c1-19-6-14-25(15-7-19)38(35,36)32(23-11-8-20(2)26(29)16-23)18-27(33)31(21(3)28(34)30-4)17-22-9-12-24(37-5)13-10-22/h6-16,21H,17-18H2,1-5H3,(H,30,34). The minimum Gasteiger partial charge on any atom is -0.497 e. The Morgan fingerprint density at radius 3 is 2.18 bits per heavy atom. The van der Waals surface area contributed by atoms with E-state index >= 15 is 0 Å². The molecule has 0 aromatic heterocycles. The number of nitrogens with zero attached hydrogens (tertiary/aromatic N) is 2. The van der Waals surface area contributed by atoms with Crippen molar-refractivity contribution >= 4 is 39.1 Å². The molecule has 3 aromatic rings. The van der Waals surface area contributed by atoms with Gasteiger partial charge in [-0.1, -0.05) is 47.5 Å². The molecule has 202 valence electrons. The van der Waals surface area contributed by atoms with E-state index in [0.717, 1.165) is 21.0 Å². The maximum Gasteiger partial charge on any atom is 0.264 e. The Labute approximate surface area is 229 Å². The molecule has 8 nitrogen and oxygen atoms in total. The van der Waals surface area contributed by atoms with Gasteiger partial charge in [-0.05, 0) is 68.3 Å². The van der Waals surface area contributed by atoms with Crippen molar-refractivity contribution in [3.05, 3.63) is 88.4 Å². The van der Waals surface area contributed by atoms with E-state index in [1.165, 1.54) is 30.1 Å². The number of rotatable bonds is 10. The van der Waals surface area contributed by atoms with E-state index in [9.17, 15) is 18.0 Å². The molecule has 0 saturated heterocycles. The summed E-state index contributed by atoms with van der Waals surface area (Å²) in [6, 6.07) is 17.4. The number of anilines is 1. The van der Waals surface area contributed by atoms with Gasteiger partial charge < -0.3 is 15.0 Å². The number of likely N-dealkylation sites (N-methyl/N-ethyl adjacent to an activating group) is 1. The van der Waals surface area contributed by atoms with Crippen molar-refractivity contribution in [3.63, 3.8) is 0 Å². The monoisotopic (exact) mass is 557 g/mol. The fourth-order valence-corrected chi connectivity index (χ4v) is 5.40. The smallest absolute Gasteiger partial charge is 0.264 e. The van der Waals surface area contributed by atoms with Crippen molar-refractivity contribution in [1.82, 2.24) is 10.2 Å². The predicted octanol–water partition coefficient (Wildman–Crippen LogP) is 4.32. The molecule has 1 atom stereocenters. The number of hydrogen-bond acceptors (Lipinski definition) is 5. The van der Waals surface area contributed by atoms with Crippen molar-refractivity contribution in [1.29, 1.82) is 0 Å². The van der Waals surface area contributed by atoms with E-state index in [2.05, 4.69) is 5.32 Å². The average Bonchev–Trinajstić information content (AvgIpc) is 2.91. The molecule has 1 unspecified atom stereocenters. The summed E-state index contributed by atoms with van der Waals surface area (Å²) in [4.78, 5) is 27.7. The first kappa shape index (κ1) is 29.0. The minimum atomic E-state index is -4.15. The zero-order valence-corrected chi connectivity index (χ0v) is 23.6. The summed E-state index contributed by atoms with van der Waals surface area (Å²) >= 11 is 6.34. The van der Waals surface area contributed by atoms with Gasteiger partial charge in [0.1, 0.15) is 18.3 Å². The van der Waals surface area contributed by atoms with Gasteiger partial charge in [0, 0.05) is 18.6 Å². The molecule has 38 heavy (non-hydrogen) atoms. The quantitative estimate of drug-likeness (QED) is 0.400. The molecule has 0 aliphatic heterocycles. The minimum absolute atomic E-state index is 0.0358. The topological polar surface area (TPSA) is 96.0 Å². The third-order valence-electron chi connectivity index (χ3n) is 6.26. The first-order chi connectivity index (χ1) is 18.0. The van der Waals surface area contributed by atoms with E-state index in [4.69, 9.17) is 16.3 Å². The first-order valence-electron chi connectivity index (χ1n) is 12.0. The lowest BCUT2D eigenvalue weighted by molar-refractivity contribution is -0.139. The number of ether oxygens (including phenoxy) is 1. The lowest BCUT2D eigenvalue weighted by Crippen LogP contribution is -2.50. The van der Waals surface area contributed by atoms with Crippen LogP contribution in [-0.4, -0.2) is 51.9 Å². The number of amides is 2. The Morgan fingerprint density at radius 2 is 1.63 bits per heavy atom. The molecule has 10 heteroatoms. The van der Waals surface area contributed by atoms with Gasteiger partial charge in [0.15, 0.2) is 0 Å². The SMILES string of the molecule is CNC(=O)C(C)N(Cc1ccc(OC)cc1)C(=O)CN(c1ccc(C)c(Cl)c1)S(=O)(=O)c1ccc(C)cc1. The Morgan fingerprint density at radius 1 is 1.00 bits per heavy atom. The number of benzene rings is 3. The van der Waals surface area contributed by atoms with Gasteiger partial charge in [-0.25, -0.2) is 8.42 Å². The van der Waals surface area contributed by atoms with Gasteiger partial charge in [0.05, 0.1) is 17.7 Å². The summed E-state index contributed by atoms with van der Waals surface area (Å²) in [5.74, 6) is -0.278. The van der Waals surface area contributed by atoms with Crippen LogP contribution in [-0.2, 0) is 26.2 Å². The number of carbonyl (C=O) groups excluding carboxylic acids is 2. The number of nitrogens with one attached hydrogen (secondary N) is 1. The second-order valence-electron chi connectivity index (χ2n) is 8.92. The number of halogens is 1. The predicted molar refractivity (Wildman–Crippen MR) is 149 cm³/mol. The van der Waals surface area contributed by atoms with Crippen LogP contribution in [0.1, 0.15) is 23.6 Å². The normalized spacial score (nSPS) is 11.9. The van der Waals surface area contributed by atoms with Crippen LogP contribution in [0, 0.1) is 13.8 Å². The molecule has 0 aliphatic carbocycles. The van der Waals surface area contributed by atoms with Crippen molar-refractivity contribution < 1.29 is 22.7 Å². The fourth-order valence-electron chi connectivity index (χ4n) is 3.82. The summed E-state index contributed by atoms with van der Waals surface area (Å²) < 4.78 is 33.8. The molecule has 0 fully saturated rings. The highest BCUT2D eigenvalue weighted by molar-refractivity contribution is 7.92. The van der Waals surface area contributed by atoms with Crippen molar-refractivity contribution in [2.24, 2.45) is 0 Å². The molecule has 2 amide bonds. The molecule has 0 aliphatic rings. The first-order valence-corrected chi connectivity index (χ1v) is 13.8. The summed E-state index contributed by atoms with van der Waals surface area (Å²) in [5.41, 5.74) is 2.66. The van der Waals surface area contributed by atoms with Gasteiger partial charge in [0.25, 0.3) is 10.0 Å². The van der Waals surface area contributed by atoms with Crippen molar-refractivity contribution in [2.75, 3.05) is 25.0 Å². The Kier molecular flexibility index (Phi) is 9.40. The third kappa shape index (κ3) is 6.65. The zero-order valence-electron chi connectivity index (χ0n) is 22.1. The maximum absolute atomic E-state index is 13.8. The van der Waals surface area contributed by atoms with Gasteiger partial charge in [-0.3, -0.25) is 13.9 Å². The molecular weight excluding hydrogens is 526 g/mol. The van der Waals surface area contributed by atoms with Crippen LogP contribution in [0.5, 0.6) is 5.75 Å². The highest BCUT2D eigenvalue weighted by Crippen LogP contribution is 2.29. The van der Waals surface area contributed by atoms with E-state index in [-0.39, 0.29) is 23.0 Å². The van der Waals surface area contributed by atoms with Crippen LogP contribution in [0.3, 0.4) is 0 Å². The van der Waals surface area contributed by atoms with Gasteiger partial charge in [-0.15, -0.1) is 0 Å². The number of carbonyl (C=O) groups is 2. The molecule has 3 aromatic carbocycles. The molecule has 0 radical (unpaired) electrons. The fraction of sp³-hybridized carbons (Fsp3) is 0.286. The Hall–Kier alpha value is -3.56. The molecule has 1 N–H and O–H groups in total. The third-order valence-corrected chi connectivity index (χ3v) is 8.45. The Bertz CT molecular complexity index is 1390. The Balaban J connectivity index is 2.04. The molecule has 0 spiro atoms. The van der Waals surface area contributed by atoms with E-state index in [1.54, 1.807) is 69.5 Å². The van der Waals surface area contributed by atoms with Crippen LogP contribution in [0.25, 0.3) is 0 Å². The molecule has 3 rings (SSSR count). The number of methoxy groups -OCH3 is 1. The van der Waals surface area contributed by atoms with Crippen LogP contribution >= 0.6 is 11.6 Å². The van der Waals surface area contributed by atoms with Crippen molar-refractivity contribution in [3.8, 4) is 5.75 Å². The lowest BCUT2D eigenvalue weighted by atomic mass is 10.1. The van der Waals surface area contributed by atoms with E-state index < -0.39 is 28.5 Å². The summed E-state index contributed by atoms with van der Waals surface area (Å²) in [7, 11) is -1.11. The second kappa shape index (κ2) is 12.3. The van der Waals surface area contributed by atoms with Gasteiger partial charge in [-0.2, -0.15) is 0 Å². The summed E-state index contributed by atoms with van der Waals surface area (Å²) in [6.45, 7) is 4.81. The van der Waals surface area contributed by atoms with Gasteiger partial charge >= 0.3 is 0 Å². The number of aryl methyl sites for hydroxylation is 2. The average molecular weight is 558 g/mol. The van der Waals surface area contributed by atoms with E-state index in [0.29, 0.717) is 10.8 Å². The molecular formula is C28H32ClN3O5S. The maximum atomic E-state index is 13.8. The van der Waals surface area contributed by atoms with Crippen LogP contribution < -0.4 is 14.4 Å². The second-order valence-corrected chi connectivity index (χ2v) is 11.2. The van der Waals surface area contributed by atoms with Crippen LogP contribution in [0.15, 0.2) is 71.6 Å². The van der Waals surface area contributed by atoms with Gasteiger partial charge in [0.2, 0.25) is 11.8 Å². The molecule has 0 bridgehead atoms. The van der Waals surface area contributed by atoms with Crippen LogP contribution in [0.2, 0.25) is 5.02 Å². The molecule has 0 saturated carbocycles. The highest BCUT2D eigenvalue weighted by Gasteiger charge is 2.32. The lowest BCUT2D eigenvalue weighted by Gasteiger charge is -2.32.